The molecular weight excluding hydrogens is 318 g/mol. The summed E-state index contributed by atoms with van der Waals surface area (Å²) < 4.78 is 1.63. The maximum atomic E-state index is 12.4. The van der Waals surface area contributed by atoms with Crippen molar-refractivity contribution in [1.29, 1.82) is 0 Å². The average molecular weight is 336 g/mol. The summed E-state index contributed by atoms with van der Waals surface area (Å²) in [4.78, 5) is 24.4. The Morgan fingerprint density at radius 1 is 1.35 bits per heavy atom. The molecule has 7 heteroatoms. The number of aryl methyl sites for hydroxylation is 1. The van der Waals surface area contributed by atoms with Crippen molar-refractivity contribution >= 4 is 23.5 Å². The molecule has 0 saturated heterocycles. The molecule has 1 amide bonds. The Morgan fingerprint density at radius 3 is 2.70 bits per heavy atom. The second-order valence-corrected chi connectivity index (χ2v) is 5.67. The third-order valence-corrected chi connectivity index (χ3v) is 3.74. The van der Waals surface area contributed by atoms with Crippen LogP contribution >= 0.6 is 11.6 Å². The Bertz CT molecular complexity index is 727. The first-order valence-corrected chi connectivity index (χ1v) is 7.56. The molecule has 0 radical (unpaired) electrons. The first-order valence-electron chi connectivity index (χ1n) is 7.19. The average Bonchev–Trinajstić information content (AvgIpc) is 2.88. The highest BCUT2D eigenvalue weighted by molar-refractivity contribution is 6.32. The molecule has 2 rings (SSSR count). The monoisotopic (exact) mass is 335 g/mol. The van der Waals surface area contributed by atoms with Crippen LogP contribution in [0.2, 0.25) is 5.02 Å². The number of halogens is 1. The third kappa shape index (κ3) is 4.10. The number of aliphatic carboxylic acids is 1. The van der Waals surface area contributed by atoms with E-state index in [-0.39, 0.29) is 12.3 Å². The second-order valence-electron chi connectivity index (χ2n) is 5.26. The van der Waals surface area contributed by atoms with E-state index in [1.54, 1.807) is 23.9 Å². The van der Waals surface area contributed by atoms with Gasteiger partial charge in [0.15, 0.2) is 5.69 Å². The lowest BCUT2D eigenvalue weighted by Crippen LogP contribution is -2.28. The van der Waals surface area contributed by atoms with Crippen molar-refractivity contribution in [3.8, 4) is 5.69 Å². The summed E-state index contributed by atoms with van der Waals surface area (Å²) in [6.45, 7) is 2.21. The van der Waals surface area contributed by atoms with Gasteiger partial charge in [-0.25, -0.2) is 4.68 Å². The van der Waals surface area contributed by atoms with Gasteiger partial charge >= 0.3 is 5.97 Å². The number of aromatic nitrogens is 2. The van der Waals surface area contributed by atoms with E-state index in [1.807, 2.05) is 25.1 Å². The van der Waals surface area contributed by atoms with Crippen LogP contribution in [-0.2, 0) is 4.79 Å². The minimum atomic E-state index is -0.871. The first-order chi connectivity index (χ1) is 10.9. The fraction of sp³-hybridized carbons (Fsp3) is 0.312. The van der Waals surface area contributed by atoms with Gasteiger partial charge in [-0.15, -0.1) is 0 Å². The summed E-state index contributed by atoms with van der Waals surface area (Å²) in [5.41, 5.74) is 1.81. The van der Waals surface area contributed by atoms with Crippen LogP contribution in [0.5, 0.6) is 0 Å². The van der Waals surface area contributed by atoms with Crippen LogP contribution in [0.15, 0.2) is 30.3 Å². The quantitative estimate of drug-likeness (QED) is 0.880. The molecule has 0 fully saturated rings. The van der Waals surface area contributed by atoms with Crippen molar-refractivity contribution in [1.82, 2.24) is 14.7 Å². The Balaban J connectivity index is 2.15. The van der Waals surface area contributed by atoms with Gasteiger partial charge in [0.1, 0.15) is 0 Å². The predicted molar refractivity (Wildman–Crippen MR) is 87.1 cm³/mol. The Labute approximate surface area is 139 Å². The smallest absolute Gasteiger partial charge is 0.303 e. The van der Waals surface area contributed by atoms with Crippen LogP contribution < -0.4 is 0 Å². The predicted octanol–water partition coefficient (Wildman–Crippen LogP) is 2.77. The maximum absolute atomic E-state index is 12.4. The van der Waals surface area contributed by atoms with E-state index in [2.05, 4.69) is 5.10 Å². The number of carbonyl (C=O) groups is 2. The van der Waals surface area contributed by atoms with Crippen LogP contribution in [-0.4, -0.2) is 45.3 Å². The third-order valence-electron chi connectivity index (χ3n) is 3.42. The number of para-hydroxylation sites is 1. The molecule has 1 heterocycles. The maximum Gasteiger partial charge on any atom is 0.303 e. The van der Waals surface area contributed by atoms with E-state index in [1.165, 1.54) is 4.90 Å². The highest BCUT2D eigenvalue weighted by atomic mass is 35.5. The van der Waals surface area contributed by atoms with Crippen molar-refractivity contribution in [2.75, 3.05) is 13.6 Å². The molecule has 0 atom stereocenters. The largest absolute Gasteiger partial charge is 0.481 e. The molecule has 1 N–H and O–H groups in total. The summed E-state index contributed by atoms with van der Waals surface area (Å²) >= 11 is 6.17. The fourth-order valence-electron chi connectivity index (χ4n) is 2.21. The Hall–Kier alpha value is -2.34. The Kier molecular flexibility index (Phi) is 5.39. The molecule has 0 unspecified atom stereocenters. The number of nitrogens with zero attached hydrogens (tertiary/aromatic N) is 3. The van der Waals surface area contributed by atoms with Gasteiger partial charge in [-0.3, -0.25) is 9.59 Å². The summed E-state index contributed by atoms with van der Waals surface area (Å²) in [6, 6.07) is 8.96. The van der Waals surface area contributed by atoms with E-state index in [9.17, 15) is 9.59 Å². The van der Waals surface area contributed by atoms with Crippen LogP contribution in [0, 0.1) is 6.92 Å². The van der Waals surface area contributed by atoms with Crippen LogP contribution in [0.3, 0.4) is 0 Å². The van der Waals surface area contributed by atoms with E-state index >= 15 is 0 Å². The van der Waals surface area contributed by atoms with E-state index in [0.29, 0.717) is 29.4 Å². The topological polar surface area (TPSA) is 75.4 Å². The van der Waals surface area contributed by atoms with Gasteiger partial charge < -0.3 is 10.0 Å². The molecular formula is C16H18ClN3O3. The molecule has 0 aliphatic carbocycles. The number of hydrogen-bond acceptors (Lipinski definition) is 3. The second kappa shape index (κ2) is 7.28. The summed E-state index contributed by atoms with van der Waals surface area (Å²) in [7, 11) is 1.63. The molecule has 122 valence electrons. The highest BCUT2D eigenvalue weighted by Gasteiger charge is 2.18. The lowest BCUT2D eigenvalue weighted by Gasteiger charge is -2.14. The van der Waals surface area contributed by atoms with Crippen molar-refractivity contribution in [3.05, 3.63) is 46.7 Å². The van der Waals surface area contributed by atoms with E-state index in [4.69, 9.17) is 16.7 Å². The normalized spacial score (nSPS) is 10.6. The number of carbonyl (C=O) groups excluding carboxylic acids is 1. The number of carboxylic acids is 1. The molecule has 2 aromatic rings. The van der Waals surface area contributed by atoms with Gasteiger partial charge in [0.2, 0.25) is 0 Å². The van der Waals surface area contributed by atoms with Gasteiger partial charge in [0.25, 0.3) is 5.91 Å². The summed E-state index contributed by atoms with van der Waals surface area (Å²) in [5, 5.41) is 13.5. The molecule has 1 aromatic heterocycles. The van der Waals surface area contributed by atoms with Gasteiger partial charge in [-0.05, 0) is 31.5 Å². The molecule has 0 saturated carbocycles. The van der Waals surface area contributed by atoms with Crippen molar-refractivity contribution < 1.29 is 14.7 Å². The first kappa shape index (κ1) is 17.0. The lowest BCUT2D eigenvalue weighted by molar-refractivity contribution is -0.137. The zero-order valence-corrected chi connectivity index (χ0v) is 13.7. The molecule has 0 aliphatic heterocycles. The molecule has 0 aliphatic rings. The summed E-state index contributed by atoms with van der Waals surface area (Å²) in [6.07, 6.45) is 0.437. The lowest BCUT2D eigenvalue weighted by atomic mass is 10.2. The standard InChI is InChI=1S/C16H18ClN3O3/c1-11-10-13(16(23)19(2)9-5-8-15(21)22)18-20(11)14-7-4-3-6-12(14)17/h3-4,6-7,10H,5,8-9H2,1-2H3,(H,21,22). The Morgan fingerprint density at radius 2 is 2.04 bits per heavy atom. The van der Waals surface area contributed by atoms with E-state index < -0.39 is 5.97 Å². The molecule has 1 aromatic carbocycles. The van der Waals surface area contributed by atoms with Crippen molar-refractivity contribution in [2.45, 2.75) is 19.8 Å². The summed E-state index contributed by atoms with van der Waals surface area (Å²) in [5.74, 6) is -1.12. The number of rotatable bonds is 6. The highest BCUT2D eigenvalue weighted by Crippen LogP contribution is 2.21. The molecule has 6 nitrogen and oxygen atoms in total. The van der Waals surface area contributed by atoms with Gasteiger partial charge in [-0.2, -0.15) is 5.10 Å². The van der Waals surface area contributed by atoms with Gasteiger partial charge in [0.05, 0.1) is 10.7 Å². The minimum absolute atomic E-state index is 0.0325. The minimum Gasteiger partial charge on any atom is -0.481 e. The molecule has 0 bridgehead atoms. The van der Waals surface area contributed by atoms with Crippen LogP contribution in [0.25, 0.3) is 5.69 Å². The number of benzene rings is 1. The van der Waals surface area contributed by atoms with E-state index in [0.717, 1.165) is 5.69 Å². The zero-order chi connectivity index (χ0) is 17.0. The van der Waals surface area contributed by atoms with Crippen LogP contribution in [0.4, 0.5) is 0 Å². The van der Waals surface area contributed by atoms with Gasteiger partial charge in [-0.1, -0.05) is 23.7 Å². The molecule has 0 spiro atoms. The number of hydrogen-bond donors (Lipinski definition) is 1. The van der Waals surface area contributed by atoms with Crippen molar-refractivity contribution in [2.24, 2.45) is 0 Å². The SMILES string of the molecule is Cc1cc(C(=O)N(C)CCCC(=O)O)nn1-c1ccccc1Cl. The fourth-order valence-corrected chi connectivity index (χ4v) is 2.43. The number of carboxylic acid groups (broad SMARTS) is 1. The zero-order valence-electron chi connectivity index (χ0n) is 13.0. The van der Waals surface area contributed by atoms with Gasteiger partial charge in [0, 0.05) is 25.7 Å². The number of amides is 1. The van der Waals surface area contributed by atoms with Crippen molar-refractivity contribution in [3.63, 3.8) is 0 Å². The van der Waals surface area contributed by atoms with Crippen LogP contribution in [0.1, 0.15) is 29.0 Å². The molecule has 23 heavy (non-hydrogen) atoms.